The van der Waals surface area contributed by atoms with E-state index in [9.17, 15) is 14.7 Å². The third-order valence-electron chi connectivity index (χ3n) is 3.70. The van der Waals surface area contributed by atoms with E-state index in [4.69, 9.17) is 0 Å². The van der Waals surface area contributed by atoms with E-state index < -0.39 is 12.0 Å². The third kappa shape index (κ3) is 4.77. The van der Waals surface area contributed by atoms with Gasteiger partial charge in [-0.05, 0) is 36.5 Å². The van der Waals surface area contributed by atoms with Crippen molar-refractivity contribution in [2.75, 3.05) is 0 Å². The van der Waals surface area contributed by atoms with Gasteiger partial charge in [-0.2, -0.15) is 0 Å². The fourth-order valence-corrected chi connectivity index (χ4v) is 2.58. The summed E-state index contributed by atoms with van der Waals surface area (Å²) in [6, 6.07) is 8.86. The molecule has 1 aromatic heterocycles. The zero-order chi connectivity index (χ0) is 16.8. The molecular weight excluding hydrogens is 292 g/mol. The van der Waals surface area contributed by atoms with Crippen LogP contribution in [0, 0.1) is 5.92 Å². The average molecular weight is 314 g/mol. The van der Waals surface area contributed by atoms with Gasteiger partial charge in [0.15, 0.2) is 0 Å². The number of carboxylic acid groups (broad SMARTS) is 1. The van der Waals surface area contributed by atoms with Crippen molar-refractivity contribution in [3.05, 3.63) is 42.1 Å². The van der Waals surface area contributed by atoms with Gasteiger partial charge in [-0.25, -0.2) is 4.79 Å². The summed E-state index contributed by atoms with van der Waals surface area (Å²) >= 11 is 0. The molecule has 0 spiro atoms. The monoisotopic (exact) mass is 314 g/mol. The Morgan fingerprint density at radius 3 is 2.65 bits per heavy atom. The Hall–Kier alpha value is -2.43. The summed E-state index contributed by atoms with van der Waals surface area (Å²) in [5, 5.41) is 12.8. The summed E-state index contributed by atoms with van der Waals surface area (Å²) in [5.41, 5.74) is 1.94. The van der Waals surface area contributed by atoms with Crippen molar-refractivity contribution in [2.45, 2.75) is 39.2 Å². The molecule has 0 saturated heterocycles. The van der Waals surface area contributed by atoms with Crippen LogP contribution in [-0.4, -0.2) is 28.0 Å². The lowest BCUT2D eigenvalue weighted by molar-refractivity contribution is -0.142. The first kappa shape index (κ1) is 16.9. The molecule has 0 bridgehead atoms. The highest BCUT2D eigenvalue weighted by atomic mass is 16.4. The van der Waals surface area contributed by atoms with Crippen molar-refractivity contribution in [3.8, 4) is 0 Å². The second-order valence-corrected chi connectivity index (χ2v) is 6.08. The lowest BCUT2D eigenvalue weighted by Gasteiger charge is -2.16. The fourth-order valence-electron chi connectivity index (χ4n) is 2.58. The van der Waals surface area contributed by atoms with E-state index in [0.29, 0.717) is 12.8 Å². The number of para-hydroxylation sites is 1. The minimum absolute atomic E-state index is 0.209. The lowest BCUT2D eigenvalue weighted by atomic mass is 10.0. The Morgan fingerprint density at radius 1 is 1.22 bits per heavy atom. The van der Waals surface area contributed by atoms with E-state index in [-0.39, 0.29) is 18.2 Å². The molecule has 5 nitrogen and oxygen atoms in total. The van der Waals surface area contributed by atoms with Crippen LogP contribution < -0.4 is 5.32 Å². The lowest BCUT2D eigenvalue weighted by Crippen LogP contribution is -2.41. The number of aromatic nitrogens is 1. The number of nitrogens with zero attached hydrogens (tertiary/aromatic N) is 1. The molecule has 0 fully saturated rings. The quantitative estimate of drug-likeness (QED) is 0.823. The van der Waals surface area contributed by atoms with E-state index in [1.165, 1.54) is 0 Å². The van der Waals surface area contributed by atoms with Gasteiger partial charge in [-0.1, -0.05) is 32.0 Å². The van der Waals surface area contributed by atoms with Gasteiger partial charge in [0.1, 0.15) is 6.04 Å². The number of aliphatic carboxylic acids is 1. The Kier molecular flexibility index (Phi) is 5.68. The van der Waals surface area contributed by atoms with Crippen molar-refractivity contribution in [3.63, 3.8) is 0 Å². The summed E-state index contributed by atoms with van der Waals surface area (Å²) in [4.78, 5) is 27.6. The molecular formula is C18H22N2O3. The van der Waals surface area contributed by atoms with Crippen LogP contribution in [-0.2, 0) is 16.0 Å². The minimum Gasteiger partial charge on any atom is -0.480 e. The van der Waals surface area contributed by atoms with Gasteiger partial charge in [0.05, 0.1) is 5.52 Å². The zero-order valence-corrected chi connectivity index (χ0v) is 13.5. The van der Waals surface area contributed by atoms with Gasteiger partial charge in [-0.3, -0.25) is 9.78 Å². The first-order valence-corrected chi connectivity index (χ1v) is 7.82. The van der Waals surface area contributed by atoms with Crippen LogP contribution in [0.3, 0.4) is 0 Å². The summed E-state index contributed by atoms with van der Waals surface area (Å²) in [7, 11) is 0. The highest BCUT2D eigenvalue weighted by Gasteiger charge is 2.20. The molecule has 1 atom stereocenters. The molecule has 0 aliphatic carbocycles. The normalized spacial score (nSPS) is 12.3. The fraction of sp³-hybridized carbons (Fsp3) is 0.389. The number of aryl methyl sites for hydroxylation is 1. The topological polar surface area (TPSA) is 79.3 Å². The smallest absolute Gasteiger partial charge is 0.326 e. The molecule has 1 amide bonds. The van der Waals surface area contributed by atoms with Gasteiger partial charge in [-0.15, -0.1) is 0 Å². The second-order valence-electron chi connectivity index (χ2n) is 6.08. The summed E-state index contributed by atoms with van der Waals surface area (Å²) in [6.07, 6.45) is 2.98. The number of pyridine rings is 1. The molecule has 2 aromatic rings. The van der Waals surface area contributed by atoms with Crippen LogP contribution in [0.5, 0.6) is 0 Å². The molecule has 0 aliphatic rings. The summed E-state index contributed by atoms with van der Waals surface area (Å²) < 4.78 is 0. The summed E-state index contributed by atoms with van der Waals surface area (Å²) in [6.45, 7) is 3.87. The van der Waals surface area contributed by atoms with E-state index in [1.807, 2.05) is 44.2 Å². The van der Waals surface area contributed by atoms with Crippen molar-refractivity contribution < 1.29 is 14.7 Å². The average Bonchev–Trinajstić information content (AvgIpc) is 2.51. The summed E-state index contributed by atoms with van der Waals surface area (Å²) in [5.74, 6) is -1.01. The van der Waals surface area contributed by atoms with Gasteiger partial charge in [0.25, 0.3) is 0 Å². The molecule has 0 aliphatic heterocycles. The van der Waals surface area contributed by atoms with E-state index >= 15 is 0 Å². The molecule has 0 saturated carbocycles. The highest BCUT2D eigenvalue weighted by molar-refractivity contribution is 5.85. The Morgan fingerprint density at radius 2 is 1.96 bits per heavy atom. The van der Waals surface area contributed by atoms with Crippen molar-refractivity contribution in [1.82, 2.24) is 10.3 Å². The van der Waals surface area contributed by atoms with Crippen molar-refractivity contribution >= 4 is 22.8 Å². The Bertz CT molecular complexity index is 692. The Labute approximate surface area is 135 Å². The third-order valence-corrected chi connectivity index (χ3v) is 3.70. The van der Waals surface area contributed by atoms with Crippen molar-refractivity contribution in [1.29, 1.82) is 0 Å². The first-order valence-electron chi connectivity index (χ1n) is 7.82. The van der Waals surface area contributed by atoms with Crippen LogP contribution in [0.2, 0.25) is 0 Å². The highest BCUT2D eigenvalue weighted by Crippen LogP contribution is 2.17. The second kappa shape index (κ2) is 7.72. The number of fused-ring (bicyclic) bond motifs is 1. The predicted octanol–water partition coefficient (Wildman–Crippen LogP) is 2.78. The molecule has 0 radical (unpaired) electrons. The molecule has 2 N–H and O–H groups in total. The van der Waals surface area contributed by atoms with Crippen LogP contribution in [0.15, 0.2) is 36.5 Å². The SMILES string of the molecule is CC(C)C[C@H](NC(=O)CCc1ccnc2ccccc12)C(=O)O. The number of amides is 1. The van der Waals surface area contributed by atoms with Crippen LogP contribution in [0.1, 0.15) is 32.3 Å². The number of carboxylic acids is 1. The van der Waals surface area contributed by atoms with Gasteiger partial charge >= 0.3 is 5.97 Å². The molecule has 1 heterocycles. The molecule has 122 valence electrons. The number of benzene rings is 1. The van der Waals surface area contributed by atoms with Crippen molar-refractivity contribution in [2.24, 2.45) is 5.92 Å². The van der Waals surface area contributed by atoms with E-state index in [1.54, 1.807) is 6.20 Å². The van der Waals surface area contributed by atoms with Gasteiger partial charge in [0.2, 0.25) is 5.91 Å². The number of carbonyl (C=O) groups is 2. The number of rotatable bonds is 7. The number of hydrogen-bond donors (Lipinski definition) is 2. The van der Waals surface area contributed by atoms with Crippen LogP contribution in [0.25, 0.3) is 10.9 Å². The standard InChI is InChI=1S/C18H22N2O3/c1-12(2)11-16(18(22)23)20-17(21)8-7-13-9-10-19-15-6-4-3-5-14(13)15/h3-6,9-10,12,16H,7-8,11H2,1-2H3,(H,20,21)(H,22,23)/t16-/m0/s1. The molecule has 2 rings (SSSR count). The Balaban J connectivity index is 1.99. The van der Waals surface area contributed by atoms with Crippen LogP contribution >= 0.6 is 0 Å². The van der Waals surface area contributed by atoms with E-state index in [2.05, 4.69) is 10.3 Å². The maximum absolute atomic E-state index is 12.1. The molecule has 1 aromatic carbocycles. The maximum atomic E-state index is 12.1. The number of nitrogens with one attached hydrogen (secondary N) is 1. The molecule has 5 heteroatoms. The van der Waals surface area contributed by atoms with Gasteiger partial charge in [0, 0.05) is 18.0 Å². The molecule has 0 unspecified atom stereocenters. The van der Waals surface area contributed by atoms with Gasteiger partial charge < -0.3 is 10.4 Å². The predicted molar refractivity (Wildman–Crippen MR) is 89.1 cm³/mol. The first-order chi connectivity index (χ1) is 11.0. The number of hydrogen-bond acceptors (Lipinski definition) is 3. The largest absolute Gasteiger partial charge is 0.480 e. The minimum atomic E-state index is -0.985. The maximum Gasteiger partial charge on any atom is 0.326 e. The van der Waals surface area contributed by atoms with E-state index in [0.717, 1.165) is 16.5 Å². The molecule has 23 heavy (non-hydrogen) atoms. The number of carbonyl (C=O) groups excluding carboxylic acids is 1. The van der Waals surface area contributed by atoms with Crippen LogP contribution in [0.4, 0.5) is 0 Å². The zero-order valence-electron chi connectivity index (χ0n) is 13.5.